The molecule has 4 aliphatic carbocycles. The lowest BCUT2D eigenvalue weighted by Crippen LogP contribution is -2.53. The minimum atomic E-state index is -0.542. The van der Waals surface area contributed by atoms with Gasteiger partial charge in [0.05, 0.1) is 6.10 Å². The van der Waals surface area contributed by atoms with Gasteiger partial charge in [-0.3, -0.25) is 9.59 Å². The van der Waals surface area contributed by atoms with Crippen LogP contribution in [-0.2, 0) is 14.3 Å². The second-order valence-corrected chi connectivity index (χ2v) is 10.9. The van der Waals surface area contributed by atoms with Crippen LogP contribution >= 0.6 is 0 Å². The summed E-state index contributed by atoms with van der Waals surface area (Å²) in [5.41, 5.74) is 0.678. The number of esters is 1. The molecule has 4 heteroatoms. The van der Waals surface area contributed by atoms with E-state index in [-0.39, 0.29) is 12.6 Å². The summed E-state index contributed by atoms with van der Waals surface area (Å²) in [6, 6.07) is 0. The molecule has 28 heavy (non-hydrogen) atoms. The molecule has 0 heterocycles. The molecule has 0 aromatic carbocycles. The molecule has 4 aliphatic rings. The standard InChI is InChI=1S/C24H38O4/c1-15(25)28-14-19(27)13-17-5-7-21-20-6-4-16-12-18(26)8-10-23(16,2)22(20)9-11-24(17,21)3/h16-17,19-22,27H,4-14H2,1-3H3/t16?,17?,19?,20-,21-,22+,23-,24+/m0/s1. The largest absolute Gasteiger partial charge is 0.463 e. The topological polar surface area (TPSA) is 63.6 Å². The van der Waals surface area contributed by atoms with Crippen molar-refractivity contribution in [1.29, 1.82) is 0 Å². The Morgan fingerprint density at radius 2 is 1.86 bits per heavy atom. The number of aliphatic hydroxyl groups is 1. The molecule has 3 unspecified atom stereocenters. The van der Waals surface area contributed by atoms with E-state index in [1.165, 1.54) is 45.4 Å². The SMILES string of the molecule is CC(=O)OCC(O)CC1CC[C@H]2[C@@H]3CCC4CC(=O)CC[C@]4(C)[C@@H]3CC[C@]12C. The fourth-order valence-corrected chi connectivity index (χ4v) is 8.15. The van der Waals surface area contributed by atoms with E-state index >= 15 is 0 Å². The van der Waals surface area contributed by atoms with Crippen LogP contribution in [0.5, 0.6) is 0 Å². The number of aliphatic hydroxyl groups excluding tert-OH is 1. The molecule has 4 rings (SSSR count). The van der Waals surface area contributed by atoms with E-state index in [1.807, 2.05) is 0 Å². The van der Waals surface area contributed by atoms with Gasteiger partial charge in [-0.15, -0.1) is 0 Å². The molecular weight excluding hydrogens is 352 g/mol. The fraction of sp³-hybridized carbons (Fsp3) is 0.917. The van der Waals surface area contributed by atoms with Gasteiger partial charge in [-0.1, -0.05) is 13.8 Å². The Labute approximate surface area is 169 Å². The first-order valence-electron chi connectivity index (χ1n) is 11.6. The highest BCUT2D eigenvalue weighted by molar-refractivity contribution is 5.79. The normalized spacial score (nSPS) is 46.3. The van der Waals surface area contributed by atoms with Crippen LogP contribution in [0.1, 0.15) is 85.0 Å². The Balaban J connectivity index is 1.46. The first-order chi connectivity index (χ1) is 13.2. The summed E-state index contributed by atoms with van der Waals surface area (Å²) in [5.74, 6) is 3.65. The Morgan fingerprint density at radius 1 is 1.11 bits per heavy atom. The van der Waals surface area contributed by atoms with Crippen LogP contribution in [0.4, 0.5) is 0 Å². The number of ether oxygens (including phenoxy) is 1. The Bertz CT molecular complexity index is 630. The van der Waals surface area contributed by atoms with E-state index in [0.717, 1.165) is 43.4 Å². The Morgan fingerprint density at radius 3 is 2.61 bits per heavy atom. The zero-order chi connectivity index (χ0) is 20.1. The molecule has 0 aromatic rings. The molecule has 4 fully saturated rings. The predicted octanol–water partition coefficient (Wildman–Crippen LogP) is 4.53. The van der Waals surface area contributed by atoms with E-state index in [0.29, 0.717) is 28.4 Å². The van der Waals surface area contributed by atoms with Crippen LogP contribution in [0.25, 0.3) is 0 Å². The molecule has 0 amide bonds. The fourth-order valence-electron chi connectivity index (χ4n) is 8.15. The maximum absolute atomic E-state index is 12.0. The monoisotopic (exact) mass is 390 g/mol. The van der Waals surface area contributed by atoms with Crippen molar-refractivity contribution < 1.29 is 19.4 Å². The summed E-state index contributed by atoms with van der Waals surface area (Å²) >= 11 is 0. The van der Waals surface area contributed by atoms with Gasteiger partial charge in [0.15, 0.2) is 0 Å². The summed E-state index contributed by atoms with van der Waals surface area (Å²) in [7, 11) is 0. The van der Waals surface area contributed by atoms with Crippen LogP contribution in [-0.4, -0.2) is 29.6 Å². The van der Waals surface area contributed by atoms with Crippen molar-refractivity contribution in [3.05, 3.63) is 0 Å². The number of carbonyl (C=O) groups is 2. The van der Waals surface area contributed by atoms with Crippen molar-refractivity contribution in [3.8, 4) is 0 Å². The summed E-state index contributed by atoms with van der Waals surface area (Å²) in [6.45, 7) is 6.50. The van der Waals surface area contributed by atoms with Crippen LogP contribution in [0, 0.1) is 40.4 Å². The van der Waals surface area contributed by atoms with Gasteiger partial charge in [0.1, 0.15) is 12.4 Å². The van der Waals surface area contributed by atoms with E-state index < -0.39 is 6.10 Å². The van der Waals surface area contributed by atoms with Gasteiger partial charge in [-0.2, -0.15) is 0 Å². The molecular formula is C24H38O4. The third-order valence-corrected chi connectivity index (χ3v) is 9.71. The number of hydrogen-bond donors (Lipinski definition) is 1. The minimum absolute atomic E-state index is 0.131. The average Bonchev–Trinajstić information content (AvgIpc) is 2.97. The van der Waals surface area contributed by atoms with Gasteiger partial charge in [-0.25, -0.2) is 0 Å². The van der Waals surface area contributed by atoms with Crippen molar-refractivity contribution in [2.75, 3.05) is 6.61 Å². The number of ketones is 1. The Kier molecular flexibility index (Phi) is 5.39. The highest BCUT2D eigenvalue weighted by Gasteiger charge is 2.60. The molecule has 4 saturated carbocycles. The first kappa shape index (κ1) is 20.4. The molecule has 1 N–H and O–H groups in total. The minimum Gasteiger partial charge on any atom is -0.463 e. The van der Waals surface area contributed by atoms with Gasteiger partial charge in [0, 0.05) is 19.8 Å². The van der Waals surface area contributed by atoms with Crippen molar-refractivity contribution in [3.63, 3.8) is 0 Å². The van der Waals surface area contributed by atoms with E-state index in [9.17, 15) is 14.7 Å². The van der Waals surface area contributed by atoms with Gasteiger partial charge in [0.25, 0.3) is 0 Å². The third kappa shape index (κ3) is 3.34. The maximum atomic E-state index is 12.0. The molecule has 0 radical (unpaired) electrons. The zero-order valence-corrected chi connectivity index (χ0v) is 17.9. The molecule has 0 aromatic heterocycles. The number of fused-ring (bicyclic) bond motifs is 5. The van der Waals surface area contributed by atoms with Gasteiger partial charge >= 0.3 is 5.97 Å². The number of rotatable bonds is 4. The second kappa shape index (κ2) is 7.41. The van der Waals surface area contributed by atoms with E-state index in [2.05, 4.69) is 13.8 Å². The molecule has 0 spiro atoms. The summed E-state index contributed by atoms with van der Waals surface area (Å²) in [4.78, 5) is 23.1. The van der Waals surface area contributed by atoms with Crippen LogP contribution in [0.2, 0.25) is 0 Å². The Hall–Kier alpha value is -0.900. The van der Waals surface area contributed by atoms with E-state index in [4.69, 9.17) is 4.74 Å². The van der Waals surface area contributed by atoms with Gasteiger partial charge in [-0.05, 0) is 91.8 Å². The smallest absolute Gasteiger partial charge is 0.302 e. The first-order valence-corrected chi connectivity index (χ1v) is 11.6. The van der Waals surface area contributed by atoms with Crippen molar-refractivity contribution in [2.24, 2.45) is 40.4 Å². The zero-order valence-electron chi connectivity index (χ0n) is 17.9. The van der Waals surface area contributed by atoms with Crippen LogP contribution in [0.15, 0.2) is 0 Å². The van der Waals surface area contributed by atoms with Crippen molar-refractivity contribution >= 4 is 11.8 Å². The summed E-state index contributed by atoms with van der Waals surface area (Å²) < 4.78 is 5.03. The lowest BCUT2D eigenvalue weighted by molar-refractivity contribution is -0.145. The third-order valence-electron chi connectivity index (χ3n) is 9.71. The number of Topliss-reactive ketones (excluding diaryl/α,β-unsaturated/α-hetero) is 1. The highest BCUT2D eigenvalue weighted by Crippen LogP contribution is 2.67. The lowest BCUT2D eigenvalue weighted by atomic mass is 9.44. The molecule has 8 atom stereocenters. The van der Waals surface area contributed by atoms with Crippen molar-refractivity contribution in [2.45, 2.75) is 91.1 Å². The second-order valence-electron chi connectivity index (χ2n) is 10.9. The predicted molar refractivity (Wildman–Crippen MR) is 107 cm³/mol. The summed E-state index contributed by atoms with van der Waals surface area (Å²) in [5, 5.41) is 10.4. The quantitative estimate of drug-likeness (QED) is 0.717. The molecule has 0 bridgehead atoms. The average molecular weight is 391 g/mol. The van der Waals surface area contributed by atoms with Crippen molar-refractivity contribution in [1.82, 2.24) is 0 Å². The molecule has 158 valence electrons. The number of carbonyl (C=O) groups excluding carboxylic acids is 2. The molecule has 4 nitrogen and oxygen atoms in total. The summed E-state index contributed by atoms with van der Waals surface area (Å²) in [6.07, 6.45) is 10.5. The maximum Gasteiger partial charge on any atom is 0.302 e. The molecule has 0 saturated heterocycles. The van der Waals surface area contributed by atoms with Gasteiger partial charge < -0.3 is 9.84 Å². The molecule has 0 aliphatic heterocycles. The highest BCUT2D eigenvalue weighted by atomic mass is 16.5. The van der Waals surface area contributed by atoms with Gasteiger partial charge in [0.2, 0.25) is 0 Å². The number of hydrogen-bond acceptors (Lipinski definition) is 4. The van der Waals surface area contributed by atoms with Crippen LogP contribution in [0.3, 0.4) is 0 Å². The lowest BCUT2D eigenvalue weighted by Gasteiger charge is -2.60. The van der Waals surface area contributed by atoms with E-state index in [1.54, 1.807) is 0 Å². The van der Waals surface area contributed by atoms with Crippen LogP contribution < -0.4 is 0 Å².